The van der Waals surface area contributed by atoms with E-state index in [9.17, 15) is 28.6 Å². The average molecular weight is 505 g/mol. The smallest absolute Gasteiger partial charge is 0.251 e. The van der Waals surface area contributed by atoms with E-state index in [4.69, 9.17) is 16.3 Å². The van der Waals surface area contributed by atoms with E-state index >= 15 is 0 Å². The summed E-state index contributed by atoms with van der Waals surface area (Å²) in [5.74, 6) is -2.58. The Hall–Kier alpha value is -3.53. The number of ether oxygens (including phenoxy) is 1. The van der Waals surface area contributed by atoms with Gasteiger partial charge in [-0.05, 0) is 55.5 Å². The van der Waals surface area contributed by atoms with Crippen LogP contribution in [0, 0.1) is 11.6 Å². The number of para-hydroxylation sites is 1. The molecule has 3 aromatic rings. The second-order valence-corrected chi connectivity index (χ2v) is 8.40. The van der Waals surface area contributed by atoms with Crippen LogP contribution in [0.2, 0.25) is 5.02 Å². The van der Waals surface area contributed by atoms with Gasteiger partial charge in [-0.15, -0.1) is 0 Å². The number of rotatable bonds is 9. The van der Waals surface area contributed by atoms with E-state index in [-0.39, 0.29) is 38.8 Å². The third-order valence-electron chi connectivity index (χ3n) is 5.27. The molecule has 4 N–H and O–H groups in total. The number of aliphatic hydroxyl groups is 2. The van der Waals surface area contributed by atoms with E-state index in [1.54, 1.807) is 0 Å². The van der Waals surface area contributed by atoms with Crippen LogP contribution in [0.5, 0.6) is 5.75 Å². The Kier molecular flexibility index (Phi) is 8.06. The number of benzene rings is 3. The molecule has 1 amide bonds. The Balaban J connectivity index is 1.92. The summed E-state index contributed by atoms with van der Waals surface area (Å²) in [5.41, 5.74) is -1.17. The van der Waals surface area contributed by atoms with E-state index in [0.29, 0.717) is 0 Å². The van der Waals surface area contributed by atoms with Gasteiger partial charge < -0.3 is 25.6 Å². The third-order valence-corrected chi connectivity index (χ3v) is 5.58. The standard InChI is InChI=1S/C25H23ClF2N2O5/c1-25(12-31,13-32)30-24(34)14-6-9-21(35-2)17(10-14)23(33)16-8-7-15(11-18(16)26)29-22-19(27)4-3-5-20(22)28/h3-11,29,31-32H,12-13H2,1-2H3,(H,30,34). The molecule has 0 aliphatic heterocycles. The van der Waals surface area contributed by atoms with E-state index in [1.807, 2.05) is 0 Å². The van der Waals surface area contributed by atoms with E-state index in [2.05, 4.69) is 10.6 Å². The summed E-state index contributed by atoms with van der Waals surface area (Å²) >= 11 is 6.32. The number of amides is 1. The van der Waals surface area contributed by atoms with Gasteiger partial charge in [0.15, 0.2) is 5.78 Å². The van der Waals surface area contributed by atoms with Crippen molar-refractivity contribution in [3.63, 3.8) is 0 Å². The van der Waals surface area contributed by atoms with Gasteiger partial charge in [-0.1, -0.05) is 17.7 Å². The number of hydrogen-bond acceptors (Lipinski definition) is 6. The fraction of sp³-hybridized carbons (Fsp3) is 0.200. The van der Waals surface area contributed by atoms with Crippen LogP contribution in [0.25, 0.3) is 0 Å². The molecule has 0 spiro atoms. The highest BCUT2D eigenvalue weighted by Crippen LogP contribution is 2.30. The molecule has 35 heavy (non-hydrogen) atoms. The summed E-state index contributed by atoms with van der Waals surface area (Å²) in [6, 6.07) is 11.8. The van der Waals surface area contributed by atoms with Crippen LogP contribution < -0.4 is 15.4 Å². The maximum atomic E-state index is 13.9. The van der Waals surface area contributed by atoms with Crippen LogP contribution in [-0.2, 0) is 0 Å². The molecule has 0 bridgehead atoms. The van der Waals surface area contributed by atoms with Crippen molar-refractivity contribution < 1.29 is 33.3 Å². The Morgan fingerprint density at radius 3 is 2.23 bits per heavy atom. The number of carbonyl (C=O) groups excluding carboxylic acids is 2. The predicted molar refractivity (Wildman–Crippen MR) is 128 cm³/mol. The molecule has 0 aliphatic rings. The third kappa shape index (κ3) is 5.76. The quantitative estimate of drug-likeness (QED) is 0.327. The van der Waals surface area contributed by atoms with Crippen molar-refractivity contribution in [3.05, 3.63) is 87.9 Å². The first-order valence-electron chi connectivity index (χ1n) is 10.4. The number of anilines is 2. The first-order chi connectivity index (χ1) is 16.6. The van der Waals surface area contributed by atoms with Crippen LogP contribution in [-0.4, -0.2) is 47.8 Å². The number of nitrogens with one attached hydrogen (secondary N) is 2. The summed E-state index contributed by atoms with van der Waals surface area (Å²) in [4.78, 5) is 25.9. The summed E-state index contributed by atoms with van der Waals surface area (Å²) in [5, 5.41) is 24.0. The maximum absolute atomic E-state index is 13.9. The first kappa shape index (κ1) is 26.1. The monoisotopic (exact) mass is 504 g/mol. The zero-order valence-corrected chi connectivity index (χ0v) is 19.6. The lowest BCUT2D eigenvalue weighted by Crippen LogP contribution is -2.51. The zero-order chi connectivity index (χ0) is 25.8. The van der Waals surface area contributed by atoms with Gasteiger partial charge in [0, 0.05) is 16.8 Å². The summed E-state index contributed by atoms with van der Waals surface area (Å²) < 4.78 is 33.1. The minimum atomic E-state index is -1.26. The highest BCUT2D eigenvalue weighted by molar-refractivity contribution is 6.35. The number of methoxy groups -OCH3 is 1. The molecule has 0 aliphatic carbocycles. The fourth-order valence-corrected chi connectivity index (χ4v) is 3.45. The number of carbonyl (C=O) groups is 2. The topological polar surface area (TPSA) is 108 Å². The fourth-order valence-electron chi connectivity index (χ4n) is 3.19. The van der Waals surface area contributed by atoms with Gasteiger partial charge in [0.1, 0.15) is 23.1 Å². The van der Waals surface area contributed by atoms with Crippen molar-refractivity contribution in [1.29, 1.82) is 0 Å². The molecule has 0 atom stereocenters. The Labute approximate surface area is 205 Å². The molecule has 0 aromatic heterocycles. The molecule has 3 aromatic carbocycles. The lowest BCUT2D eigenvalue weighted by molar-refractivity contribution is 0.0724. The highest BCUT2D eigenvalue weighted by atomic mass is 35.5. The summed E-state index contributed by atoms with van der Waals surface area (Å²) in [7, 11) is 1.36. The number of halogens is 3. The van der Waals surface area contributed by atoms with E-state index in [1.165, 1.54) is 56.5 Å². The van der Waals surface area contributed by atoms with Crippen LogP contribution in [0.3, 0.4) is 0 Å². The summed E-state index contributed by atoms with van der Waals surface area (Å²) in [6.45, 7) is 0.469. The van der Waals surface area contributed by atoms with Gasteiger partial charge in [0.25, 0.3) is 5.91 Å². The Morgan fingerprint density at radius 2 is 1.66 bits per heavy atom. The average Bonchev–Trinajstić information content (AvgIpc) is 2.85. The van der Waals surface area contributed by atoms with Crippen molar-refractivity contribution in [1.82, 2.24) is 5.32 Å². The normalized spacial score (nSPS) is 11.2. The van der Waals surface area contributed by atoms with E-state index < -0.39 is 42.1 Å². The SMILES string of the molecule is COc1ccc(C(=O)NC(C)(CO)CO)cc1C(=O)c1ccc(Nc2c(F)cccc2F)cc1Cl. The summed E-state index contributed by atoms with van der Waals surface area (Å²) in [6.07, 6.45) is 0. The lowest BCUT2D eigenvalue weighted by Gasteiger charge is -2.26. The molecular weight excluding hydrogens is 482 g/mol. The first-order valence-corrected chi connectivity index (χ1v) is 10.8. The molecule has 3 rings (SSSR count). The molecule has 184 valence electrons. The van der Waals surface area contributed by atoms with Crippen LogP contribution >= 0.6 is 11.6 Å². The van der Waals surface area contributed by atoms with Crippen molar-refractivity contribution >= 4 is 34.7 Å². The van der Waals surface area contributed by atoms with Crippen molar-refractivity contribution in [2.24, 2.45) is 0 Å². The van der Waals surface area contributed by atoms with Gasteiger partial charge in [-0.3, -0.25) is 9.59 Å². The molecule has 0 unspecified atom stereocenters. The Morgan fingerprint density at radius 1 is 1.00 bits per heavy atom. The second kappa shape index (κ2) is 10.8. The number of aliphatic hydroxyl groups excluding tert-OH is 2. The number of ketones is 1. The van der Waals surface area contributed by atoms with E-state index in [0.717, 1.165) is 12.1 Å². The molecule has 10 heteroatoms. The van der Waals surface area contributed by atoms with Gasteiger partial charge in [0.05, 0.1) is 36.4 Å². The highest BCUT2D eigenvalue weighted by Gasteiger charge is 2.26. The van der Waals surface area contributed by atoms with Gasteiger partial charge in [0.2, 0.25) is 0 Å². The van der Waals surface area contributed by atoms with Gasteiger partial charge >= 0.3 is 0 Å². The zero-order valence-electron chi connectivity index (χ0n) is 18.9. The Bertz CT molecular complexity index is 1240. The molecule has 0 saturated heterocycles. The molecule has 0 saturated carbocycles. The van der Waals surface area contributed by atoms with Gasteiger partial charge in [-0.25, -0.2) is 8.78 Å². The minimum Gasteiger partial charge on any atom is -0.496 e. The van der Waals surface area contributed by atoms with Crippen molar-refractivity contribution in [2.45, 2.75) is 12.5 Å². The number of hydrogen-bond donors (Lipinski definition) is 4. The molecule has 0 fully saturated rings. The van der Waals surface area contributed by atoms with Crippen molar-refractivity contribution in [3.8, 4) is 5.75 Å². The van der Waals surface area contributed by atoms with Crippen LogP contribution in [0.15, 0.2) is 54.6 Å². The maximum Gasteiger partial charge on any atom is 0.251 e. The lowest BCUT2D eigenvalue weighted by atomic mass is 9.98. The van der Waals surface area contributed by atoms with Crippen molar-refractivity contribution in [2.75, 3.05) is 25.6 Å². The van der Waals surface area contributed by atoms with Crippen LogP contribution in [0.4, 0.5) is 20.2 Å². The molecule has 7 nitrogen and oxygen atoms in total. The van der Waals surface area contributed by atoms with Gasteiger partial charge in [-0.2, -0.15) is 0 Å². The predicted octanol–water partition coefficient (Wildman–Crippen LogP) is 4.07. The minimum absolute atomic E-state index is 0.00166. The molecular formula is C25H23ClF2N2O5. The molecule has 0 heterocycles. The van der Waals surface area contributed by atoms with Crippen LogP contribution in [0.1, 0.15) is 33.2 Å². The second-order valence-electron chi connectivity index (χ2n) is 7.99. The largest absolute Gasteiger partial charge is 0.496 e. The molecule has 0 radical (unpaired) electrons.